The first-order valence-electron chi connectivity index (χ1n) is 9.12. The Morgan fingerprint density at radius 3 is 2.84 bits per heavy atom. The van der Waals surface area contributed by atoms with E-state index >= 15 is 0 Å². The van der Waals surface area contributed by atoms with Crippen molar-refractivity contribution in [3.05, 3.63) is 52.1 Å². The smallest absolute Gasteiger partial charge is 0.333 e. The third-order valence-corrected chi connectivity index (χ3v) is 6.49. The second kappa shape index (κ2) is 8.92. The molecule has 31 heavy (non-hydrogen) atoms. The average Bonchev–Trinajstić information content (AvgIpc) is 3.26. The van der Waals surface area contributed by atoms with Gasteiger partial charge >= 0.3 is 10.3 Å². The summed E-state index contributed by atoms with van der Waals surface area (Å²) in [6.45, 7) is -0.0226. The van der Waals surface area contributed by atoms with Gasteiger partial charge in [-0.15, -0.1) is 11.3 Å². The first-order valence-corrected chi connectivity index (χ1v) is 11.8. The van der Waals surface area contributed by atoms with Crippen molar-refractivity contribution in [2.75, 3.05) is 11.9 Å². The zero-order valence-electron chi connectivity index (χ0n) is 15.9. The van der Waals surface area contributed by atoms with E-state index in [4.69, 9.17) is 21.5 Å². The molecule has 1 saturated heterocycles. The Balaban J connectivity index is 1.54. The summed E-state index contributed by atoms with van der Waals surface area (Å²) < 4.78 is 32.9. The molecule has 3 heterocycles. The molecule has 10 nitrogen and oxygen atoms in total. The van der Waals surface area contributed by atoms with Crippen LogP contribution < -0.4 is 10.5 Å². The third kappa shape index (κ3) is 4.96. The maximum Gasteiger partial charge on any atom is 0.333 e. The van der Waals surface area contributed by atoms with Crippen LogP contribution >= 0.6 is 22.9 Å². The van der Waals surface area contributed by atoms with Gasteiger partial charge in [0.2, 0.25) is 0 Å². The van der Waals surface area contributed by atoms with E-state index in [0.29, 0.717) is 28.5 Å². The Kier molecular flexibility index (Phi) is 6.42. The van der Waals surface area contributed by atoms with Crippen LogP contribution in [0.3, 0.4) is 0 Å². The molecule has 0 radical (unpaired) electrons. The standard InChI is InChI=1S/C18H19ClN4O6S2/c19-10-3-1-2-9(4-10)5-21-18-17-13(22-8-23-18)11(7-30-17)16-15(25)14(24)12(29-16)6-28-31(20,26)27/h1-4,7-8,12,14-16,24-25H,5-6H2,(H2,20,26,27)(H,21,22,23). The van der Waals surface area contributed by atoms with Crippen LogP contribution in [0.2, 0.25) is 5.02 Å². The van der Waals surface area contributed by atoms with Crippen molar-refractivity contribution in [1.82, 2.24) is 9.97 Å². The molecule has 1 fully saturated rings. The highest BCUT2D eigenvalue weighted by Gasteiger charge is 2.45. The molecule has 4 unspecified atom stereocenters. The quantitative estimate of drug-likeness (QED) is 0.386. The van der Waals surface area contributed by atoms with Crippen LogP contribution in [0, 0.1) is 0 Å². The normalized spacial score (nSPS) is 24.0. The molecule has 13 heteroatoms. The van der Waals surface area contributed by atoms with E-state index in [0.717, 1.165) is 10.3 Å². The summed E-state index contributed by atoms with van der Waals surface area (Å²) in [6.07, 6.45) is -3.27. The molecule has 2 aromatic heterocycles. The minimum atomic E-state index is -4.20. The number of benzene rings is 1. The molecule has 1 aliphatic heterocycles. The lowest BCUT2D eigenvalue weighted by Gasteiger charge is -2.14. The molecule has 0 bridgehead atoms. The Morgan fingerprint density at radius 1 is 1.29 bits per heavy atom. The molecule has 4 rings (SSSR count). The summed E-state index contributed by atoms with van der Waals surface area (Å²) in [5.41, 5.74) is 2.09. The van der Waals surface area contributed by atoms with Crippen LogP contribution in [-0.4, -0.2) is 53.5 Å². The summed E-state index contributed by atoms with van der Waals surface area (Å²) in [5, 5.41) is 31.2. The number of nitrogens with one attached hydrogen (secondary N) is 1. The van der Waals surface area contributed by atoms with Gasteiger partial charge in [-0.25, -0.2) is 15.1 Å². The third-order valence-electron chi connectivity index (χ3n) is 4.80. The van der Waals surface area contributed by atoms with Gasteiger partial charge in [-0.2, -0.15) is 8.42 Å². The molecular formula is C18H19ClN4O6S2. The number of thiophene rings is 1. The fraction of sp³-hybridized carbons (Fsp3) is 0.333. The van der Waals surface area contributed by atoms with Crippen molar-refractivity contribution in [1.29, 1.82) is 0 Å². The van der Waals surface area contributed by atoms with E-state index < -0.39 is 41.3 Å². The molecule has 0 aliphatic carbocycles. The predicted octanol–water partition coefficient (Wildman–Crippen LogP) is 1.34. The summed E-state index contributed by atoms with van der Waals surface area (Å²) in [6, 6.07) is 7.44. The van der Waals surface area contributed by atoms with E-state index in [1.807, 2.05) is 18.2 Å². The van der Waals surface area contributed by atoms with Crippen LogP contribution in [0.15, 0.2) is 36.0 Å². The van der Waals surface area contributed by atoms with Crippen LogP contribution in [0.1, 0.15) is 17.2 Å². The molecule has 0 amide bonds. The molecule has 166 valence electrons. The topological polar surface area (TPSA) is 157 Å². The maximum atomic E-state index is 11.0. The number of ether oxygens (including phenoxy) is 1. The van der Waals surface area contributed by atoms with Gasteiger partial charge in [0.15, 0.2) is 0 Å². The zero-order chi connectivity index (χ0) is 22.2. The number of halogens is 1. The monoisotopic (exact) mass is 486 g/mol. The number of anilines is 1. The lowest BCUT2D eigenvalue weighted by molar-refractivity contribution is -0.0151. The van der Waals surface area contributed by atoms with Crippen molar-refractivity contribution in [3.63, 3.8) is 0 Å². The second-order valence-corrected chi connectivity index (χ2v) is 9.47. The average molecular weight is 487 g/mol. The summed E-state index contributed by atoms with van der Waals surface area (Å²) in [5.74, 6) is 0.600. The Morgan fingerprint density at radius 2 is 2.10 bits per heavy atom. The fourth-order valence-electron chi connectivity index (χ4n) is 3.34. The number of nitrogens with two attached hydrogens (primary N) is 1. The highest BCUT2D eigenvalue weighted by molar-refractivity contribution is 7.84. The minimum Gasteiger partial charge on any atom is -0.387 e. The van der Waals surface area contributed by atoms with Gasteiger partial charge in [-0.05, 0) is 23.1 Å². The van der Waals surface area contributed by atoms with Crippen LogP contribution in [0.4, 0.5) is 5.82 Å². The van der Waals surface area contributed by atoms with E-state index in [1.54, 1.807) is 11.4 Å². The van der Waals surface area contributed by atoms with Gasteiger partial charge in [0.05, 0.1) is 16.8 Å². The molecular weight excluding hydrogens is 468 g/mol. The molecule has 3 aromatic rings. The molecule has 1 aromatic carbocycles. The lowest BCUT2D eigenvalue weighted by atomic mass is 10.0. The van der Waals surface area contributed by atoms with Gasteiger partial charge in [0, 0.05) is 17.1 Å². The number of hydrogen-bond acceptors (Lipinski definition) is 10. The van der Waals surface area contributed by atoms with Gasteiger partial charge < -0.3 is 20.3 Å². The van der Waals surface area contributed by atoms with E-state index in [-0.39, 0.29) is 0 Å². The first-order chi connectivity index (χ1) is 14.7. The molecule has 0 saturated carbocycles. The van der Waals surface area contributed by atoms with Crippen molar-refractivity contribution < 1.29 is 27.6 Å². The van der Waals surface area contributed by atoms with Crippen molar-refractivity contribution >= 4 is 49.3 Å². The van der Waals surface area contributed by atoms with Crippen molar-refractivity contribution in [2.45, 2.75) is 31.0 Å². The lowest BCUT2D eigenvalue weighted by Crippen LogP contribution is -2.34. The highest BCUT2D eigenvalue weighted by atomic mass is 35.5. The number of nitrogens with zero attached hydrogens (tertiary/aromatic N) is 2. The highest BCUT2D eigenvalue weighted by Crippen LogP contribution is 2.40. The van der Waals surface area contributed by atoms with E-state index in [9.17, 15) is 18.6 Å². The number of hydrogen-bond donors (Lipinski definition) is 4. The number of aromatic nitrogens is 2. The van der Waals surface area contributed by atoms with Crippen LogP contribution in [0.5, 0.6) is 0 Å². The minimum absolute atomic E-state index is 0.494. The van der Waals surface area contributed by atoms with Crippen molar-refractivity contribution in [3.8, 4) is 0 Å². The SMILES string of the molecule is NS(=O)(=O)OCC1OC(c2csc3c(NCc4cccc(Cl)c4)ncnc23)C(O)C1O. The van der Waals surface area contributed by atoms with Gasteiger partial charge in [0.1, 0.15) is 36.6 Å². The Hall–Kier alpha value is -1.90. The molecule has 5 N–H and O–H groups in total. The summed E-state index contributed by atoms with van der Waals surface area (Å²) in [7, 11) is -4.20. The molecule has 4 atom stereocenters. The molecule has 0 spiro atoms. The van der Waals surface area contributed by atoms with Crippen LogP contribution in [0.25, 0.3) is 10.2 Å². The van der Waals surface area contributed by atoms with Gasteiger partial charge in [-0.3, -0.25) is 4.18 Å². The van der Waals surface area contributed by atoms with Gasteiger partial charge in [0.25, 0.3) is 0 Å². The Bertz CT molecular complexity index is 1190. The van der Waals surface area contributed by atoms with Gasteiger partial charge in [-0.1, -0.05) is 23.7 Å². The predicted molar refractivity (Wildman–Crippen MR) is 115 cm³/mol. The largest absolute Gasteiger partial charge is 0.387 e. The number of aliphatic hydroxyl groups excluding tert-OH is 2. The number of fused-ring (bicyclic) bond motifs is 1. The maximum absolute atomic E-state index is 11.0. The summed E-state index contributed by atoms with van der Waals surface area (Å²) >= 11 is 7.38. The Labute approximate surface area is 186 Å². The van der Waals surface area contributed by atoms with E-state index in [2.05, 4.69) is 19.5 Å². The number of aliphatic hydroxyl groups is 2. The fourth-order valence-corrected chi connectivity index (χ4v) is 4.88. The van der Waals surface area contributed by atoms with Crippen LogP contribution in [-0.2, 0) is 25.8 Å². The second-order valence-electron chi connectivity index (χ2n) is 6.93. The number of rotatable bonds is 7. The first kappa shape index (κ1) is 22.3. The molecule has 1 aliphatic rings. The zero-order valence-corrected chi connectivity index (χ0v) is 18.3. The van der Waals surface area contributed by atoms with E-state index in [1.165, 1.54) is 17.7 Å². The van der Waals surface area contributed by atoms with Crippen molar-refractivity contribution in [2.24, 2.45) is 5.14 Å². The summed E-state index contributed by atoms with van der Waals surface area (Å²) in [4.78, 5) is 8.60.